The summed E-state index contributed by atoms with van der Waals surface area (Å²) in [6.45, 7) is 3.63. The summed E-state index contributed by atoms with van der Waals surface area (Å²) < 4.78 is 5.56. The number of rotatable bonds is 9. The number of aromatic nitrogens is 1. The van der Waals surface area contributed by atoms with Crippen molar-refractivity contribution in [3.05, 3.63) is 24.0 Å². The minimum absolute atomic E-state index is 0.569. The van der Waals surface area contributed by atoms with Gasteiger partial charge in [-0.1, -0.05) is 39.0 Å². The molecule has 0 bridgehead atoms. The number of hydrogen-bond acceptors (Lipinski definition) is 3. The highest BCUT2D eigenvalue weighted by Gasteiger charge is 1.96. The van der Waals surface area contributed by atoms with Gasteiger partial charge in [0.25, 0.3) is 0 Å². The lowest BCUT2D eigenvalue weighted by Gasteiger charge is -2.04. The van der Waals surface area contributed by atoms with Crippen LogP contribution in [0.3, 0.4) is 0 Å². The second-order valence-electron chi connectivity index (χ2n) is 4.40. The van der Waals surface area contributed by atoms with Gasteiger partial charge in [0.05, 0.1) is 12.3 Å². The average molecular weight is 236 g/mol. The van der Waals surface area contributed by atoms with Gasteiger partial charge < -0.3 is 10.5 Å². The zero-order valence-electron chi connectivity index (χ0n) is 10.8. The lowest BCUT2D eigenvalue weighted by atomic mass is 10.1. The Morgan fingerprint density at radius 1 is 1.18 bits per heavy atom. The van der Waals surface area contributed by atoms with Gasteiger partial charge in [0.1, 0.15) is 0 Å². The number of nitrogens with zero attached hydrogens (tertiary/aromatic N) is 1. The van der Waals surface area contributed by atoms with Crippen molar-refractivity contribution in [3.8, 4) is 0 Å². The molecule has 1 aromatic heterocycles. The molecule has 17 heavy (non-hydrogen) atoms. The fraction of sp³-hybridized carbons (Fsp3) is 0.643. The van der Waals surface area contributed by atoms with Gasteiger partial charge in [-0.2, -0.15) is 0 Å². The van der Waals surface area contributed by atoms with Gasteiger partial charge in [0.2, 0.25) is 0 Å². The van der Waals surface area contributed by atoms with E-state index < -0.39 is 0 Å². The highest BCUT2D eigenvalue weighted by Crippen LogP contribution is 2.07. The number of nitrogen functional groups attached to an aromatic ring is 1. The predicted octanol–water partition coefficient (Wildman–Crippen LogP) is 3.54. The van der Waals surface area contributed by atoms with Crippen LogP contribution in [-0.2, 0) is 11.3 Å². The maximum absolute atomic E-state index is 5.66. The summed E-state index contributed by atoms with van der Waals surface area (Å²) in [4.78, 5) is 4.19. The van der Waals surface area contributed by atoms with E-state index in [1.54, 1.807) is 12.3 Å². The van der Waals surface area contributed by atoms with Crippen LogP contribution in [0.2, 0.25) is 0 Å². The summed E-state index contributed by atoms with van der Waals surface area (Å²) in [5, 5.41) is 0. The molecule has 96 valence electrons. The molecule has 0 unspecified atom stereocenters. The number of unbranched alkanes of at least 4 members (excludes halogenated alkanes) is 5. The maximum atomic E-state index is 5.66. The largest absolute Gasteiger partial charge is 0.399 e. The molecule has 1 aromatic rings. The molecule has 0 fully saturated rings. The third-order valence-corrected chi connectivity index (χ3v) is 2.73. The van der Waals surface area contributed by atoms with Gasteiger partial charge in [-0.3, -0.25) is 4.98 Å². The summed E-state index contributed by atoms with van der Waals surface area (Å²) in [5.74, 6) is 0. The number of anilines is 1. The van der Waals surface area contributed by atoms with E-state index in [2.05, 4.69) is 11.9 Å². The molecule has 3 heteroatoms. The highest BCUT2D eigenvalue weighted by molar-refractivity contribution is 5.36. The minimum Gasteiger partial charge on any atom is -0.399 e. The van der Waals surface area contributed by atoms with Crippen LogP contribution < -0.4 is 5.73 Å². The van der Waals surface area contributed by atoms with E-state index in [0.717, 1.165) is 24.4 Å². The Morgan fingerprint density at radius 2 is 1.94 bits per heavy atom. The van der Waals surface area contributed by atoms with Crippen LogP contribution in [0.5, 0.6) is 0 Å². The first kappa shape index (κ1) is 14.0. The Morgan fingerprint density at radius 3 is 2.71 bits per heavy atom. The first-order chi connectivity index (χ1) is 8.33. The van der Waals surface area contributed by atoms with E-state index >= 15 is 0 Å². The molecule has 1 rings (SSSR count). The Balaban J connectivity index is 1.97. The lowest BCUT2D eigenvalue weighted by Crippen LogP contribution is -1.98. The molecule has 0 aromatic carbocycles. The summed E-state index contributed by atoms with van der Waals surface area (Å²) >= 11 is 0. The van der Waals surface area contributed by atoms with Crippen molar-refractivity contribution in [1.82, 2.24) is 4.98 Å². The van der Waals surface area contributed by atoms with Crippen LogP contribution in [-0.4, -0.2) is 11.6 Å². The van der Waals surface area contributed by atoms with Crippen molar-refractivity contribution >= 4 is 5.69 Å². The minimum atomic E-state index is 0.569. The highest BCUT2D eigenvalue weighted by atomic mass is 16.5. The Bertz CT molecular complexity index is 302. The average Bonchev–Trinajstić information content (AvgIpc) is 2.33. The quantitative estimate of drug-likeness (QED) is 0.667. The second kappa shape index (κ2) is 8.99. The van der Waals surface area contributed by atoms with Gasteiger partial charge in [-0.25, -0.2) is 0 Å². The van der Waals surface area contributed by atoms with Crippen molar-refractivity contribution in [1.29, 1.82) is 0 Å². The molecule has 0 aliphatic rings. The molecule has 0 amide bonds. The summed E-state index contributed by atoms with van der Waals surface area (Å²) in [5.41, 5.74) is 7.32. The Labute approximate surface area is 104 Å². The molecule has 3 nitrogen and oxygen atoms in total. The molecule has 0 aliphatic carbocycles. The molecule has 2 N–H and O–H groups in total. The predicted molar refractivity (Wildman–Crippen MR) is 71.7 cm³/mol. The summed E-state index contributed by atoms with van der Waals surface area (Å²) in [7, 11) is 0. The fourth-order valence-electron chi connectivity index (χ4n) is 1.74. The van der Waals surface area contributed by atoms with E-state index in [0.29, 0.717) is 6.61 Å². The molecule has 0 aliphatic heterocycles. The van der Waals surface area contributed by atoms with Crippen LogP contribution in [0.25, 0.3) is 0 Å². The zero-order chi connectivity index (χ0) is 12.3. The third-order valence-electron chi connectivity index (χ3n) is 2.73. The SMILES string of the molecule is CCCCCCCCOCc1cc(N)ccn1. The molecular formula is C14H24N2O. The van der Waals surface area contributed by atoms with E-state index in [-0.39, 0.29) is 0 Å². The van der Waals surface area contributed by atoms with Crippen LogP contribution in [0, 0.1) is 0 Å². The van der Waals surface area contributed by atoms with E-state index in [1.165, 1.54) is 32.1 Å². The normalized spacial score (nSPS) is 10.6. The van der Waals surface area contributed by atoms with Gasteiger partial charge in [-0.05, 0) is 18.6 Å². The lowest BCUT2D eigenvalue weighted by molar-refractivity contribution is 0.114. The van der Waals surface area contributed by atoms with E-state index in [9.17, 15) is 0 Å². The van der Waals surface area contributed by atoms with Crippen molar-refractivity contribution in [2.45, 2.75) is 52.1 Å². The van der Waals surface area contributed by atoms with Crippen LogP contribution >= 0.6 is 0 Å². The Hall–Kier alpha value is -1.09. The number of ether oxygens (including phenoxy) is 1. The van der Waals surface area contributed by atoms with Crippen LogP contribution in [0.1, 0.15) is 51.1 Å². The summed E-state index contributed by atoms with van der Waals surface area (Å²) in [6.07, 6.45) is 9.47. The standard InChI is InChI=1S/C14H24N2O/c1-2-3-4-5-6-7-10-17-12-14-11-13(15)8-9-16-14/h8-9,11H,2-7,10,12H2,1H3,(H2,15,16). The smallest absolute Gasteiger partial charge is 0.0888 e. The zero-order valence-corrected chi connectivity index (χ0v) is 10.8. The van der Waals surface area contributed by atoms with Crippen molar-refractivity contribution in [2.24, 2.45) is 0 Å². The number of hydrogen-bond donors (Lipinski definition) is 1. The van der Waals surface area contributed by atoms with Crippen LogP contribution in [0.4, 0.5) is 5.69 Å². The molecule has 0 radical (unpaired) electrons. The van der Waals surface area contributed by atoms with Gasteiger partial charge in [-0.15, -0.1) is 0 Å². The molecule has 0 atom stereocenters. The van der Waals surface area contributed by atoms with Crippen molar-refractivity contribution < 1.29 is 4.74 Å². The van der Waals surface area contributed by atoms with E-state index in [4.69, 9.17) is 10.5 Å². The van der Waals surface area contributed by atoms with Gasteiger partial charge in [0.15, 0.2) is 0 Å². The maximum Gasteiger partial charge on any atom is 0.0888 e. The number of pyridine rings is 1. The van der Waals surface area contributed by atoms with Gasteiger partial charge >= 0.3 is 0 Å². The number of nitrogens with two attached hydrogens (primary N) is 1. The Kier molecular flexibility index (Phi) is 7.39. The molecule has 0 saturated carbocycles. The van der Waals surface area contributed by atoms with E-state index in [1.807, 2.05) is 6.07 Å². The first-order valence-corrected chi connectivity index (χ1v) is 6.61. The molecule has 0 saturated heterocycles. The first-order valence-electron chi connectivity index (χ1n) is 6.61. The molecule has 1 heterocycles. The third kappa shape index (κ3) is 6.95. The fourth-order valence-corrected chi connectivity index (χ4v) is 1.74. The molecular weight excluding hydrogens is 212 g/mol. The topological polar surface area (TPSA) is 48.1 Å². The van der Waals surface area contributed by atoms with Gasteiger partial charge in [0, 0.05) is 18.5 Å². The van der Waals surface area contributed by atoms with Crippen LogP contribution in [0.15, 0.2) is 18.3 Å². The molecule has 0 spiro atoms. The monoisotopic (exact) mass is 236 g/mol. The van der Waals surface area contributed by atoms with Crippen molar-refractivity contribution in [2.75, 3.05) is 12.3 Å². The summed E-state index contributed by atoms with van der Waals surface area (Å²) in [6, 6.07) is 3.65. The van der Waals surface area contributed by atoms with Crippen molar-refractivity contribution in [3.63, 3.8) is 0 Å². The second-order valence-corrected chi connectivity index (χ2v) is 4.40.